The van der Waals surface area contributed by atoms with Gasteiger partial charge in [0.15, 0.2) is 0 Å². The lowest BCUT2D eigenvalue weighted by molar-refractivity contribution is -0.117. The van der Waals surface area contributed by atoms with E-state index in [-0.39, 0.29) is 18.1 Å². The predicted molar refractivity (Wildman–Crippen MR) is 94.8 cm³/mol. The fourth-order valence-electron chi connectivity index (χ4n) is 3.05. The van der Waals surface area contributed by atoms with Gasteiger partial charge in [0.05, 0.1) is 12.2 Å². The number of piperazine rings is 1. The molecular weight excluding hydrogens is 324 g/mol. The van der Waals surface area contributed by atoms with Crippen molar-refractivity contribution in [2.45, 2.75) is 6.92 Å². The van der Waals surface area contributed by atoms with Crippen LogP contribution in [0, 0.1) is 18.6 Å². The minimum absolute atomic E-state index is 0.00458. The lowest BCUT2D eigenvalue weighted by atomic mass is 10.1. The van der Waals surface area contributed by atoms with Gasteiger partial charge in [-0.3, -0.25) is 9.69 Å². The first-order valence-electron chi connectivity index (χ1n) is 8.31. The Bertz CT molecular complexity index is 758. The molecule has 0 spiro atoms. The van der Waals surface area contributed by atoms with Crippen molar-refractivity contribution in [2.75, 3.05) is 42.9 Å². The molecule has 2 aromatic rings. The van der Waals surface area contributed by atoms with Crippen molar-refractivity contribution in [1.29, 1.82) is 0 Å². The SMILES string of the molecule is Cc1ccccc1N1CCN(CC(=O)Nc2ccc(F)cc2F)CC1. The second kappa shape index (κ2) is 7.61. The first-order chi connectivity index (χ1) is 12.0. The number of para-hydroxylation sites is 1. The van der Waals surface area contributed by atoms with E-state index in [9.17, 15) is 13.6 Å². The van der Waals surface area contributed by atoms with Crippen LogP contribution in [0.25, 0.3) is 0 Å². The van der Waals surface area contributed by atoms with Crippen molar-refractivity contribution in [1.82, 2.24) is 4.90 Å². The Hall–Kier alpha value is -2.47. The van der Waals surface area contributed by atoms with Crippen LogP contribution in [0.1, 0.15) is 5.56 Å². The molecule has 0 atom stereocenters. The van der Waals surface area contributed by atoms with Crippen LogP contribution in [-0.4, -0.2) is 43.5 Å². The molecule has 0 unspecified atom stereocenters. The zero-order valence-electron chi connectivity index (χ0n) is 14.1. The van der Waals surface area contributed by atoms with Gasteiger partial charge < -0.3 is 10.2 Å². The fourth-order valence-corrected chi connectivity index (χ4v) is 3.05. The lowest BCUT2D eigenvalue weighted by Gasteiger charge is -2.36. The number of amides is 1. The maximum absolute atomic E-state index is 13.6. The number of halogens is 2. The van der Waals surface area contributed by atoms with Gasteiger partial charge in [0.1, 0.15) is 11.6 Å². The van der Waals surface area contributed by atoms with E-state index in [1.165, 1.54) is 17.3 Å². The first kappa shape index (κ1) is 17.4. The molecule has 0 saturated carbocycles. The van der Waals surface area contributed by atoms with Gasteiger partial charge in [0.2, 0.25) is 5.91 Å². The number of aryl methyl sites for hydroxylation is 1. The molecular formula is C19H21F2N3O. The van der Waals surface area contributed by atoms with E-state index in [0.29, 0.717) is 0 Å². The number of hydrogen-bond acceptors (Lipinski definition) is 3. The van der Waals surface area contributed by atoms with E-state index < -0.39 is 11.6 Å². The molecule has 0 aliphatic carbocycles. The van der Waals surface area contributed by atoms with Gasteiger partial charge in [-0.2, -0.15) is 0 Å². The summed E-state index contributed by atoms with van der Waals surface area (Å²) in [4.78, 5) is 16.4. The number of carbonyl (C=O) groups excluding carboxylic acids is 1. The number of carbonyl (C=O) groups is 1. The van der Waals surface area contributed by atoms with Crippen LogP contribution in [0.15, 0.2) is 42.5 Å². The average Bonchev–Trinajstić information content (AvgIpc) is 2.59. The minimum atomic E-state index is -0.766. The Kier molecular flexibility index (Phi) is 5.28. The Morgan fingerprint density at radius 2 is 1.80 bits per heavy atom. The largest absolute Gasteiger partial charge is 0.369 e. The third-order valence-corrected chi connectivity index (χ3v) is 4.40. The quantitative estimate of drug-likeness (QED) is 0.925. The molecule has 1 N–H and O–H groups in total. The number of hydrogen-bond donors (Lipinski definition) is 1. The number of anilines is 2. The monoisotopic (exact) mass is 345 g/mol. The highest BCUT2D eigenvalue weighted by molar-refractivity contribution is 5.92. The molecule has 3 rings (SSSR count). The summed E-state index contributed by atoms with van der Waals surface area (Å²) in [6.07, 6.45) is 0. The highest BCUT2D eigenvalue weighted by atomic mass is 19.1. The average molecular weight is 345 g/mol. The van der Waals surface area contributed by atoms with Gasteiger partial charge in [-0.1, -0.05) is 18.2 Å². The summed E-state index contributed by atoms with van der Waals surface area (Å²) in [5.41, 5.74) is 2.46. The van der Waals surface area contributed by atoms with Crippen LogP contribution in [0.4, 0.5) is 20.2 Å². The van der Waals surface area contributed by atoms with Gasteiger partial charge in [-0.25, -0.2) is 8.78 Å². The maximum Gasteiger partial charge on any atom is 0.238 e. The van der Waals surface area contributed by atoms with Gasteiger partial charge >= 0.3 is 0 Å². The summed E-state index contributed by atoms with van der Waals surface area (Å²) < 4.78 is 26.5. The van der Waals surface area contributed by atoms with Crippen LogP contribution < -0.4 is 10.2 Å². The van der Waals surface area contributed by atoms with Crippen molar-refractivity contribution in [2.24, 2.45) is 0 Å². The Morgan fingerprint density at radius 3 is 2.48 bits per heavy atom. The molecule has 0 radical (unpaired) electrons. The Labute approximate surface area is 146 Å². The standard InChI is InChI=1S/C19H21F2N3O/c1-14-4-2-3-5-18(14)24-10-8-23(9-11-24)13-19(25)22-17-7-6-15(20)12-16(17)21/h2-7,12H,8-11,13H2,1H3,(H,22,25). The van der Waals surface area contributed by atoms with Gasteiger partial charge in [0.25, 0.3) is 0 Å². The fraction of sp³-hybridized carbons (Fsp3) is 0.316. The van der Waals surface area contributed by atoms with Crippen molar-refractivity contribution in [3.8, 4) is 0 Å². The van der Waals surface area contributed by atoms with Crippen molar-refractivity contribution < 1.29 is 13.6 Å². The van der Waals surface area contributed by atoms with Gasteiger partial charge in [0, 0.05) is 37.9 Å². The molecule has 1 heterocycles. The number of nitrogens with one attached hydrogen (secondary N) is 1. The predicted octanol–water partition coefficient (Wildman–Crippen LogP) is 3.03. The lowest BCUT2D eigenvalue weighted by Crippen LogP contribution is -2.48. The third-order valence-electron chi connectivity index (χ3n) is 4.40. The molecule has 0 bridgehead atoms. The van der Waals surface area contributed by atoms with E-state index in [1.807, 2.05) is 17.0 Å². The zero-order chi connectivity index (χ0) is 17.8. The van der Waals surface area contributed by atoms with E-state index in [0.717, 1.165) is 38.3 Å². The van der Waals surface area contributed by atoms with E-state index >= 15 is 0 Å². The maximum atomic E-state index is 13.6. The van der Waals surface area contributed by atoms with Crippen LogP contribution in [0.2, 0.25) is 0 Å². The summed E-state index contributed by atoms with van der Waals surface area (Å²) in [6, 6.07) is 11.4. The topological polar surface area (TPSA) is 35.6 Å². The molecule has 4 nitrogen and oxygen atoms in total. The number of nitrogens with zero attached hydrogens (tertiary/aromatic N) is 2. The van der Waals surface area contributed by atoms with E-state index in [4.69, 9.17) is 0 Å². The second-order valence-corrected chi connectivity index (χ2v) is 6.22. The van der Waals surface area contributed by atoms with Gasteiger partial charge in [-0.15, -0.1) is 0 Å². The second-order valence-electron chi connectivity index (χ2n) is 6.22. The van der Waals surface area contributed by atoms with Crippen molar-refractivity contribution in [3.63, 3.8) is 0 Å². The molecule has 0 aromatic heterocycles. The van der Waals surface area contributed by atoms with Crippen LogP contribution in [0.3, 0.4) is 0 Å². The molecule has 1 saturated heterocycles. The molecule has 132 valence electrons. The molecule has 2 aromatic carbocycles. The summed E-state index contributed by atoms with van der Waals surface area (Å²) in [7, 11) is 0. The molecule has 1 aliphatic rings. The molecule has 6 heteroatoms. The molecule has 25 heavy (non-hydrogen) atoms. The van der Waals surface area contributed by atoms with Crippen LogP contribution in [-0.2, 0) is 4.79 Å². The highest BCUT2D eigenvalue weighted by Gasteiger charge is 2.20. The van der Waals surface area contributed by atoms with Gasteiger partial charge in [-0.05, 0) is 30.7 Å². The normalized spacial score (nSPS) is 15.2. The molecule has 1 amide bonds. The van der Waals surface area contributed by atoms with E-state index in [2.05, 4.69) is 29.3 Å². The number of rotatable bonds is 4. The van der Waals surface area contributed by atoms with E-state index in [1.54, 1.807) is 0 Å². The first-order valence-corrected chi connectivity index (χ1v) is 8.31. The Balaban J connectivity index is 1.52. The summed E-state index contributed by atoms with van der Waals surface area (Å²) >= 11 is 0. The number of benzene rings is 2. The molecule has 1 fully saturated rings. The minimum Gasteiger partial charge on any atom is -0.369 e. The summed E-state index contributed by atoms with van der Waals surface area (Å²) in [5.74, 6) is -1.73. The van der Waals surface area contributed by atoms with Crippen molar-refractivity contribution >= 4 is 17.3 Å². The van der Waals surface area contributed by atoms with Crippen molar-refractivity contribution in [3.05, 3.63) is 59.7 Å². The molecule has 1 aliphatic heterocycles. The summed E-state index contributed by atoms with van der Waals surface area (Å²) in [5, 5.41) is 2.50. The Morgan fingerprint density at radius 1 is 1.08 bits per heavy atom. The smallest absolute Gasteiger partial charge is 0.238 e. The van der Waals surface area contributed by atoms with Crippen LogP contribution in [0.5, 0.6) is 0 Å². The summed E-state index contributed by atoms with van der Waals surface area (Å²) in [6.45, 7) is 5.47. The van der Waals surface area contributed by atoms with Crippen LogP contribution >= 0.6 is 0 Å². The third kappa shape index (κ3) is 4.33. The zero-order valence-corrected chi connectivity index (χ0v) is 14.1. The highest BCUT2D eigenvalue weighted by Crippen LogP contribution is 2.21.